The van der Waals surface area contributed by atoms with Crippen LogP contribution in [0.1, 0.15) is 21.5 Å². The summed E-state index contributed by atoms with van der Waals surface area (Å²) in [6.45, 7) is 0.118. The van der Waals surface area contributed by atoms with Gasteiger partial charge in [0.1, 0.15) is 12.4 Å². The van der Waals surface area contributed by atoms with Crippen molar-refractivity contribution in [1.82, 2.24) is 10.7 Å². The topological polar surface area (TPSA) is 98.2 Å². The van der Waals surface area contributed by atoms with Crippen molar-refractivity contribution in [3.8, 4) is 17.2 Å². The van der Waals surface area contributed by atoms with Gasteiger partial charge in [-0.2, -0.15) is 5.10 Å². The number of nitrogens with zero attached hydrogens (tertiary/aromatic N) is 1. The first-order valence-corrected chi connectivity index (χ1v) is 10.7. The minimum Gasteiger partial charge on any atom is -0.496 e. The monoisotopic (exact) mass is 481 g/mol. The number of methoxy groups -OCH3 is 2. The average Bonchev–Trinajstić information content (AvgIpc) is 2.87. The lowest BCUT2D eigenvalue weighted by molar-refractivity contribution is -0.120. The molecule has 0 radical (unpaired) electrons. The minimum atomic E-state index is -0.477. The highest BCUT2D eigenvalue weighted by Crippen LogP contribution is 2.28. The summed E-state index contributed by atoms with van der Waals surface area (Å²) in [5.41, 5.74) is 4.37. The van der Waals surface area contributed by atoms with E-state index in [1.807, 2.05) is 12.1 Å². The van der Waals surface area contributed by atoms with Gasteiger partial charge in [-0.05, 0) is 53.6 Å². The molecular weight excluding hydrogens is 458 g/mol. The van der Waals surface area contributed by atoms with Gasteiger partial charge in [-0.15, -0.1) is 0 Å². The molecule has 0 fully saturated rings. The number of hydrogen-bond acceptors (Lipinski definition) is 6. The summed E-state index contributed by atoms with van der Waals surface area (Å²) < 4.78 is 16.4. The second kappa shape index (κ2) is 12.3. The lowest BCUT2D eigenvalue weighted by atomic mass is 10.2. The van der Waals surface area contributed by atoms with Crippen LogP contribution in [-0.2, 0) is 11.4 Å². The number of benzene rings is 3. The molecule has 34 heavy (non-hydrogen) atoms. The van der Waals surface area contributed by atoms with Crippen molar-refractivity contribution in [2.75, 3.05) is 20.8 Å². The second-order valence-corrected chi connectivity index (χ2v) is 7.44. The number of carbonyl (C=O) groups excluding carboxylic acids is 2. The van der Waals surface area contributed by atoms with Gasteiger partial charge < -0.3 is 19.5 Å². The summed E-state index contributed by atoms with van der Waals surface area (Å²) in [5.74, 6) is 0.615. The fraction of sp³-hybridized carbons (Fsp3) is 0.160. The Balaban J connectivity index is 1.51. The Morgan fingerprint density at radius 1 is 0.941 bits per heavy atom. The molecule has 2 amide bonds. The lowest BCUT2D eigenvalue weighted by Gasteiger charge is -2.11. The largest absolute Gasteiger partial charge is 0.496 e. The summed E-state index contributed by atoms with van der Waals surface area (Å²) in [7, 11) is 3.01. The second-order valence-electron chi connectivity index (χ2n) is 7.00. The molecule has 176 valence electrons. The van der Waals surface area contributed by atoms with E-state index in [0.29, 0.717) is 40.0 Å². The summed E-state index contributed by atoms with van der Waals surface area (Å²) in [6.07, 6.45) is 1.46. The van der Waals surface area contributed by atoms with E-state index in [1.165, 1.54) is 20.4 Å². The summed E-state index contributed by atoms with van der Waals surface area (Å²) in [5, 5.41) is 7.12. The van der Waals surface area contributed by atoms with Gasteiger partial charge >= 0.3 is 0 Å². The number of nitrogens with one attached hydrogen (secondary N) is 2. The number of hydrazone groups is 1. The van der Waals surface area contributed by atoms with Gasteiger partial charge in [0, 0.05) is 5.02 Å². The third kappa shape index (κ3) is 6.98. The van der Waals surface area contributed by atoms with Crippen LogP contribution in [0.25, 0.3) is 0 Å². The lowest BCUT2D eigenvalue weighted by Crippen LogP contribution is -2.35. The van der Waals surface area contributed by atoms with Crippen molar-refractivity contribution in [1.29, 1.82) is 0 Å². The van der Waals surface area contributed by atoms with E-state index < -0.39 is 11.8 Å². The van der Waals surface area contributed by atoms with Crippen LogP contribution in [0, 0.1) is 0 Å². The molecule has 0 bridgehead atoms. The van der Waals surface area contributed by atoms with Crippen LogP contribution in [0.4, 0.5) is 0 Å². The molecule has 0 aliphatic heterocycles. The summed E-state index contributed by atoms with van der Waals surface area (Å²) in [6, 6.07) is 19.4. The van der Waals surface area contributed by atoms with Crippen LogP contribution >= 0.6 is 11.6 Å². The molecule has 2 N–H and O–H groups in total. The van der Waals surface area contributed by atoms with E-state index in [1.54, 1.807) is 54.6 Å². The van der Waals surface area contributed by atoms with E-state index >= 15 is 0 Å². The van der Waals surface area contributed by atoms with Gasteiger partial charge in [-0.1, -0.05) is 35.9 Å². The fourth-order valence-corrected chi connectivity index (χ4v) is 3.06. The van der Waals surface area contributed by atoms with Gasteiger partial charge in [-0.3, -0.25) is 9.59 Å². The molecule has 9 heteroatoms. The molecule has 0 saturated heterocycles. The maximum absolute atomic E-state index is 12.2. The number of carbonyl (C=O) groups is 2. The Kier molecular flexibility index (Phi) is 8.88. The Morgan fingerprint density at radius 3 is 2.41 bits per heavy atom. The molecule has 0 unspecified atom stereocenters. The van der Waals surface area contributed by atoms with E-state index in [4.69, 9.17) is 25.8 Å². The van der Waals surface area contributed by atoms with Crippen LogP contribution in [0.3, 0.4) is 0 Å². The third-order valence-corrected chi connectivity index (χ3v) is 4.91. The standard InChI is InChI=1S/C25H24ClN3O5/c1-32-21-6-4-3-5-20(21)25(31)27-15-24(30)29-28-14-18-9-12-22(23(13-18)33-2)34-16-17-7-10-19(26)11-8-17/h3-14H,15-16H2,1-2H3,(H,27,31)(H,29,30). The summed E-state index contributed by atoms with van der Waals surface area (Å²) >= 11 is 5.90. The molecule has 3 rings (SSSR count). The van der Waals surface area contributed by atoms with Crippen LogP contribution in [0.2, 0.25) is 5.02 Å². The van der Waals surface area contributed by atoms with E-state index in [2.05, 4.69) is 15.8 Å². The van der Waals surface area contributed by atoms with Crippen molar-refractivity contribution < 1.29 is 23.8 Å². The minimum absolute atomic E-state index is 0.241. The van der Waals surface area contributed by atoms with E-state index in [9.17, 15) is 9.59 Å². The van der Waals surface area contributed by atoms with Crippen LogP contribution in [-0.4, -0.2) is 38.8 Å². The highest BCUT2D eigenvalue weighted by Gasteiger charge is 2.12. The molecule has 3 aromatic carbocycles. The Morgan fingerprint density at radius 2 is 1.68 bits per heavy atom. The molecule has 0 saturated carbocycles. The van der Waals surface area contributed by atoms with Crippen molar-refractivity contribution in [3.63, 3.8) is 0 Å². The number of rotatable bonds is 10. The van der Waals surface area contributed by atoms with Crippen molar-refractivity contribution in [2.24, 2.45) is 5.10 Å². The highest BCUT2D eigenvalue weighted by molar-refractivity contribution is 6.30. The van der Waals surface area contributed by atoms with Crippen LogP contribution in [0.5, 0.6) is 17.2 Å². The summed E-state index contributed by atoms with van der Waals surface area (Å²) in [4.78, 5) is 24.3. The number of halogens is 1. The zero-order valence-corrected chi connectivity index (χ0v) is 19.5. The van der Waals surface area contributed by atoms with Crippen LogP contribution < -0.4 is 25.0 Å². The molecule has 0 aliphatic rings. The van der Waals surface area contributed by atoms with Crippen molar-refractivity contribution >= 4 is 29.6 Å². The SMILES string of the molecule is COc1cc(C=NNC(=O)CNC(=O)c2ccccc2OC)ccc1OCc1ccc(Cl)cc1. The molecule has 0 aliphatic carbocycles. The smallest absolute Gasteiger partial charge is 0.259 e. The van der Waals surface area contributed by atoms with Gasteiger partial charge in [0.2, 0.25) is 0 Å². The van der Waals surface area contributed by atoms with Gasteiger partial charge in [-0.25, -0.2) is 5.43 Å². The number of para-hydroxylation sites is 1. The zero-order valence-electron chi connectivity index (χ0n) is 18.7. The van der Waals surface area contributed by atoms with E-state index in [-0.39, 0.29) is 6.54 Å². The molecule has 0 atom stereocenters. The first-order chi connectivity index (χ1) is 16.5. The Labute approximate surface area is 202 Å². The number of amides is 2. The maximum atomic E-state index is 12.2. The van der Waals surface area contributed by atoms with E-state index in [0.717, 1.165) is 5.56 Å². The maximum Gasteiger partial charge on any atom is 0.259 e. The predicted octanol–water partition coefficient (Wildman–Crippen LogP) is 3.82. The Bertz CT molecular complexity index is 1170. The average molecular weight is 482 g/mol. The number of ether oxygens (including phenoxy) is 3. The third-order valence-electron chi connectivity index (χ3n) is 4.66. The van der Waals surface area contributed by atoms with Gasteiger partial charge in [0.25, 0.3) is 11.8 Å². The number of hydrogen-bond donors (Lipinski definition) is 2. The molecule has 0 heterocycles. The Hall–Kier alpha value is -4.04. The quantitative estimate of drug-likeness (QED) is 0.339. The van der Waals surface area contributed by atoms with Gasteiger partial charge in [0.15, 0.2) is 11.5 Å². The van der Waals surface area contributed by atoms with Crippen molar-refractivity contribution in [2.45, 2.75) is 6.61 Å². The fourth-order valence-electron chi connectivity index (χ4n) is 2.93. The predicted molar refractivity (Wildman–Crippen MR) is 130 cm³/mol. The normalized spacial score (nSPS) is 10.6. The van der Waals surface area contributed by atoms with Crippen LogP contribution in [0.15, 0.2) is 71.8 Å². The first-order valence-electron chi connectivity index (χ1n) is 10.3. The molecule has 3 aromatic rings. The highest BCUT2D eigenvalue weighted by atomic mass is 35.5. The molecule has 8 nitrogen and oxygen atoms in total. The molecule has 0 spiro atoms. The van der Waals surface area contributed by atoms with Gasteiger partial charge in [0.05, 0.1) is 32.5 Å². The molecule has 0 aromatic heterocycles. The molecular formula is C25H24ClN3O5. The zero-order chi connectivity index (χ0) is 24.3. The first kappa shape index (κ1) is 24.6. The van der Waals surface area contributed by atoms with Crippen molar-refractivity contribution in [3.05, 3.63) is 88.4 Å².